The van der Waals surface area contributed by atoms with Crippen molar-refractivity contribution in [3.8, 4) is 5.75 Å². The first-order chi connectivity index (χ1) is 11.6. The quantitative estimate of drug-likeness (QED) is 0.732. The van der Waals surface area contributed by atoms with Gasteiger partial charge in [0.2, 0.25) is 11.8 Å². The van der Waals surface area contributed by atoms with E-state index in [-0.39, 0.29) is 11.9 Å². The fourth-order valence-corrected chi connectivity index (χ4v) is 2.27. The predicted octanol–water partition coefficient (Wildman–Crippen LogP) is 4.27. The van der Waals surface area contributed by atoms with Crippen LogP contribution in [0.15, 0.2) is 52.9 Å². The molecule has 1 N–H and O–H groups in total. The Balaban J connectivity index is 1.63. The van der Waals surface area contributed by atoms with Gasteiger partial charge in [-0.25, -0.2) is 4.39 Å². The molecule has 0 radical (unpaired) electrons. The van der Waals surface area contributed by atoms with Crippen LogP contribution in [0.5, 0.6) is 5.75 Å². The number of anilines is 1. The van der Waals surface area contributed by atoms with E-state index in [1.54, 1.807) is 13.0 Å². The van der Waals surface area contributed by atoms with Crippen molar-refractivity contribution in [3.63, 3.8) is 0 Å². The molecule has 0 aliphatic heterocycles. The van der Waals surface area contributed by atoms with Crippen LogP contribution in [-0.2, 0) is 6.61 Å². The number of aryl methyl sites for hydroxylation is 1. The van der Waals surface area contributed by atoms with Crippen LogP contribution in [-0.4, -0.2) is 10.2 Å². The van der Waals surface area contributed by atoms with E-state index in [9.17, 15) is 4.39 Å². The molecule has 2 aromatic carbocycles. The van der Waals surface area contributed by atoms with Crippen molar-refractivity contribution >= 4 is 5.69 Å². The van der Waals surface area contributed by atoms with Crippen molar-refractivity contribution in [2.75, 3.05) is 5.32 Å². The Morgan fingerprint density at radius 3 is 2.75 bits per heavy atom. The molecule has 6 heteroatoms. The molecule has 1 atom stereocenters. The lowest BCUT2D eigenvalue weighted by Gasteiger charge is -2.13. The zero-order chi connectivity index (χ0) is 16.9. The molecule has 0 unspecified atom stereocenters. The van der Waals surface area contributed by atoms with E-state index in [1.807, 2.05) is 37.3 Å². The lowest BCUT2D eigenvalue weighted by molar-refractivity contribution is 0.305. The first-order valence-electron chi connectivity index (χ1n) is 7.64. The summed E-state index contributed by atoms with van der Waals surface area (Å²) < 4.78 is 24.3. The van der Waals surface area contributed by atoms with Gasteiger partial charge in [-0.05, 0) is 36.8 Å². The Bertz CT molecular complexity index is 819. The highest BCUT2D eigenvalue weighted by Crippen LogP contribution is 2.23. The van der Waals surface area contributed by atoms with E-state index in [0.717, 1.165) is 11.3 Å². The number of ether oxygens (including phenoxy) is 1. The highest BCUT2D eigenvalue weighted by molar-refractivity contribution is 5.49. The third-order valence-electron chi connectivity index (χ3n) is 3.42. The van der Waals surface area contributed by atoms with E-state index in [0.29, 0.717) is 24.1 Å². The normalized spacial score (nSPS) is 12.0. The molecule has 3 rings (SSSR count). The van der Waals surface area contributed by atoms with Gasteiger partial charge in [-0.15, -0.1) is 10.2 Å². The van der Waals surface area contributed by atoms with Crippen molar-refractivity contribution in [3.05, 3.63) is 71.7 Å². The van der Waals surface area contributed by atoms with E-state index in [2.05, 4.69) is 15.5 Å². The van der Waals surface area contributed by atoms with Crippen LogP contribution in [0.1, 0.15) is 30.3 Å². The summed E-state index contributed by atoms with van der Waals surface area (Å²) in [6.45, 7) is 4.00. The molecule has 0 fully saturated rings. The molecular formula is C18H18FN3O2. The molecule has 0 aliphatic carbocycles. The van der Waals surface area contributed by atoms with Crippen LogP contribution in [0.3, 0.4) is 0 Å². The van der Waals surface area contributed by atoms with Gasteiger partial charge in [0.05, 0.1) is 0 Å². The SMILES string of the molecule is Cc1nnc([C@H](C)Nc2cccc(OCc3cccc(F)c3)c2)o1. The highest BCUT2D eigenvalue weighted by atomic mass is 19.1. The summed E-state index contributed by atoms with van der Waals surface area (Å²) in [7, 11) is 0. The molecule has 1 aromatic heterocycles. The van der Waals surface area contributed by atoms with Gasteiger partial charge >= 0.3 is 0 Å². The zero-order valence-corrected chi connectivity index (χ0v) is 13.5. The third kappa shape index (κ3) is 4.10. The van der Waals surface area contributed by atoms with Gasteiger partial charge in [0.25, 0.3) is 0 Å². The van der Waals surface area contributed by atoms with Crippen molar-refractivity contribution in [1.82, 2.24) is 10.2 Å². The summed E-state index contributed by atoms with van der Waals surface area (Å²) in [5.74, 6) is 1.48. The number of hydrogen-bond acceptors (Lipinski definition) is 5. The van der Waals surface area contributed by atoms with Crippen LogP contribution in [0, 0.1) is 12.7 Å². The summed E-state index contributed by atoms with van der Waals surface area (Å²) in [6, 6.07) is 13.8. The molecule has 0 aliphatic rings. The van der Waals surface area contributed by atoms with Crippen molar-refractivity contribution in [1.29, 1.82) is 0 Å². The van der Waals surface area contributed by atoms with Crippen LogP contribution in [0.25, 0.3) is 0 Å². The van der Waals surface area contributed by atoms with Crippen LogP contribution in [0.4, 0.5) is 10.1 Å². The molecule has 5 nitrogen and oxygen atoms in total. The van der Waals surface area contributed by atoms with Gasteiger partial charge in [0, 0.05) is 18.7 Å². The van der Waals surface area contributed by atoms with Gasteiger partial charge in [0.15, 0.2) is 0 Å². The minimum Gasteiger partial charge on any atom is -0.489 e. The monoisotopic (exact) mass is 327 g/mol. The first-order valence-corrected chi connectivity index (χ1v) is 7.64. The third-order valence-corrected chi connectivity index (χ3v) is 3.42. The van der Waals surface area contributed by atoms with Gasteiger partial charge in [-0.3, -0.25) is 0 Å². The number of rotatable bonds is 6. The number of halogens is 1. The number of hydrogen-bond donors (Lipinski definition) is 1. The topological polar surface area (TPSA) is 60.2 Å². The maximum atomic E-state index is 13.2. The molecule has 24 heavy (non-hydrogen) atoms. The highest BCUT2D eigenvalue weighted by Gasteiger charge is 2.12. The summed E-state index contributed by atoms with van der Waals surface area (Å²) in [5.41, 5.74) is 1.65. The van der Waals surface area contributed by atoms with Gasteiger partial charge in [-0.1, -0.05) is 18.2 Å². The Hall–Kier alpha value is -2.89. The summed E-state index contributed by atoms with van der Waals surface area (Å²) in [4.78, 5) is 0. The summed E-state index contributed by atoms with van der Waals surface area (Å²) in [5, 5.41) is 11.1. The standard InChI is InChI=1S/C18H18FN3O2/c1-12(18-22-21-13(2)24-18)20-16-7-4-8-17(10-16)23-11-14-5-3-6-15(19)9-14/h3-10,12,20H,11H2,1-2H3/t12-/m0/s1. The van der Waals surface area contributed by atoms with E-state index in [1.165, 1.54) is 12.1 Å². The lowest BCUT2D eigenvalue weighted by Crippen LogP contribution is -2.07. The number of nitrogens with one attached hydrogen (secondary N) is 1. The minimum absolute atomic E-state index is 0.121. The van der Waals surface area contributed by atoms with E-state index in [4.69, 9.17) is 9.15 Å². The van der Waals surface area contributed by atoms with Gasteiger partial charge in [0.1, 0.15) is 24.2 Å². The fourth-order valence-electron chi connectivity index (χ4n) is 2.27. The summed E-state index contributed by atoms with van der Waals surface area (Å²) in [6.07, 6.45) is 0. The molecule has 0 bridgehead atoms. The Morgan fingerprint density at radius 1 is 1.17 bits per heavy atom. The maximum Gasteiger partial charge on any atom is 0.238 e. The fraction of sp³-hybridized carbons (Fsp3) is 0.222. The molecule has 0 spiro atoms. The molecule has 124 valence electrons. The van der Waals surface area contributed by atoms with Crippen LogP contribution < -0.4 is 10.1 Å². The molecule has 0 saturated carbocycles. The number of aromatic nitrogens is 2. The van der Waals surface area contributed by atoms with E-state index < -0.39 is 0 Å². The molecule has 1 heterocycles. The lowest BCUT2D eigenvalue weighted by atomic mass is 10.2. The molecule has 0 saturated heterocycles. The summed E-state index contributed by atoms with van der Waals surface area (Å²) >= 11 is 0. The Labute approximate surface area is 139 Å². The molecule has 3 aromatic rings. The predicted molar refractivity (Wildman–Crippen MR) is 88.2 cm³/mol. The number of nitrogens with zero attached hydrogens (tertiary/aromatic N) is 2. The van der Waals surface area contributed by atoms with E-state index >= 15 is 0 Å². The van der Waals surface area contributed by atoms with Crippen LogP contribution >= 0.6 is 0 Å². The first kappa shape index (κ1) is 16.0. The average Bonchev–Trinajstić information content (AvgIpc) is 3.00. The second-order valence-electron chi connectivity index (χ2n) is 5.47. The van der Waals surface area contributed by atoms with Crippen molar-refractivity contribution in [2.45, 2.75) is 26.5 Å². The smallest absolute Gasteiger partial charge is 0.238 e. The van der Waals surface area contributed by atoms with Gasteiger partial charge < -0.3 is 14.5 Å². The Morgan fingerprint density at radius 2 is 2.00 bits per heavy atom. The number of benzene rings is 2. The minimum atomic E-state index is -0.268. The average molecular weight is 327 g/mol. The molecule has 0 amide bonds. The van der Waals surface area contributed by atoms with Gasteiger partial charge in [-0.2, -0.15) is 0 Å². The maximum absolute atomic E-state index is 13.2. The second-order valence-corrected chi connectivity index (χ2v) is 5.47. The largest absolute Gasteiger partial charge is 0.489 e. The second kappa shape index (κ2) is 7.12. The Kier molecular flexibility index (Phi) is 4.74. The van der Waals surface area contributed by atoms with Crippen molar-refractivity contribution < 1.29 is 13.5 Å². The molecular weight excluding hydrogens is 309 g/mol. The van der Waals surface area contributed by atoms with Crippen LogP contribution in [0.2, 0.25) is 0 Å². The zero-order valence-electron chi connectivity index (χ0n) is 13.5. The van der Waals surface area contributed by atoms with Crippen molar-refractivity contribution in [2.24, 2.45) is 0 Å².